The molecule has 158 valence electrons. The molecule has 7 nitrogen and oxygen atoms in total. The van der Waals surface area contributed by atoms with Crippen LogP contribution in [-0.2, 0) is 11.3 Å². The van der Waals surface area contributed by atoms with Gasteiger partial charge in [-0.3, -0.25) is 9.89 Å². The van der Waals surface area contributed by atoms with Crippen molar-refractivity contribution < 1.29 is 9.26 Å². The highest BCUT2D eigenvalue weighted by Gasteiger charge is 2.23. The van der Waals surface area contributed by atoms with Gasteiger partial charge < -0.3 is 19.9 Å². The van der Waals surface area contributed by atoms with Crippen LogP contribution in [0.25, 0.3) is 0 Å². The summed E-state index contributed by atoms with van der Waals surface area (Å²) in [7, 11) is 1.77. The van der Waals surface area contributed by atoms with Gasteiger partial charge >= 0.3 is 0 Å². The molecule has 2 aromatic rings. The van der Waals surface area contributed by atoms with E-state index in [0.717, 1.165) is 55.3 Å². The summed E-state index contributed by atoms with van der Waals surface area (Å²) in [6, 6.07) is 10.2. The molecule has 1 unspecified atom stereocenters. The summed E-state index contributed by atoms with van der Waals surface area (Å²) in [5.41, 5.74) is 2.18. The molecule has 1 aliphatic heterocycles. The minimum atomic E-state index is 0.201. The molecule has 2 heterocycles. The normalized spacial score (nSPS) is 16.8. The van der Waals surface area contributed by atoms with Gasteiger partial charge in [-0.2, -0.15) is 0 Å². The molecule has 0 bridgehead atoms. The lowest BCUT2D eigenvalue weighted by Gasteiger charge is -2.35. The Bertz CT molecular complexity index is 785. The van der Waals surface area contributed by atoms with E-state index in [9.17, 15) is 0 Å². The molecule has 1 saturated heterocycles. The molecule has 0 spiro atoms. The number of benzene rings is 1. The SMILES string of the molecule is CN=C(NCc1cc(C(C)C)no1)NCC(c1ccc(Cl)cc1)N1CCOCC1. The molecule has 2 N–H and O–H groups in total. The van der Waals surface area contributed by atoms with Crippen molar-refractivity contribution in [1.29, 1.82) is 0 Å². The number of halogens is 1. The maximum absolute atomic E-state index is 6.08. The highest BCUT2D eigenvalue weighted by molar-refractivity contribution is 6.30. The number of nitrogens with zero attached hydrogens (tertiary/aromatic N) is 3. The monoisotopic (exact) mass is 419 g/mol. The van der Waals surface area contributed by atoms with Gasteiger partial charge in [-0.05, 0) is 23.6 Å². The Kier molecular flexibility index (Phi) is 7.91. The number of morpholine rings is 1. The van der Waals surface area contributed by atoms with Crippen molar-refractivity contribution >= 4 is 17.6 Å². The Morgan fingerprint density at radius 3 is 2.55 bits per heavy atom. The molecule has 1 atom stereocenters. The van der Waals surface area contributed by atoms with Gasteiger partial charge in [0.15, 0.2) is 11.7 Å². The minimum Gasteiger partial charge on any atom is -0.379 e. The molecule has 0 radical (unpaired) electrons. The average Bonchev–Trinajstić information content (AvgIpc) is 3.22. The van der Waals surface area contributed by atoms with Gasteiger partial charge in [-0.1, -0.05) is 42.7 Å². The third-order valence-electron chi connectivity index (χ3n) is 5.03. The molecule has 1 aliphatic rings. The summed E-state index contributed by atoms with van der Waals surface area (Å²) < 4.78 is 10.9. The van der Waals surface area contributed by atoms with E-state index in [-0.39, 0.29) is 6.04 Å². The van der Waals surface area contributed by atoms with Gasteiger partial charge in [-0.15, -0.1) is 0 Å². The smallest absolute Gasteiger partial charge is 0.191 e. The van der Waals surface area contributed by atoms with Crippen molar-refractivity contribution in [3.05, 3.63) is 52.4 Å². The van der Waals surface area contributed by atoms with E-state index in [2.05, 4.69) is 51.7 Å². The number of aromatic nitrogens is 1. The number of guanidine groups is 1. The molecule has 3 rings (SSSR count). The summed E-state index contributed by atoms with van der Waals surface area (Å²) in [6.07, 6.45) is 0. The number of hydrogen-bond acceptors (Lipinski definition) is 5. The van der Waals surface area contributed by atoms with E-state index in [1.165, 1.54) is 5.56 Å². The number of ether oxygens (including phenoxy) is 1. The van der Waals surface area contributed by atoms with Crippen LogP contribution in [-0.4, -0.2) is 55.9 Å². The molecule has 1 aromatic carbocycles. The highest BCUT2D eigenvalue weighted by atomic mass is 35.5. The van der Waals surface area contributed by atoms with Crippen molar-refractivity contribution in [2.75, 3.05) is 39.9 Å². The summed E-state index contributed by atoms with van der Waals surface area (Å²) in [6.45, 7) is 8.74. The molecule has 0 saturated carbocycles. The molecular weight excluding hydrogens is 390 g/mol. The van der Waals surface area contributed by atoms with Crippen molar-refractivity contribution in [1.82, 2.24) is 20.7 Å². The second-order valence-electron chi connectivity index (χ2n) is 7.40. The van der Waals surface area contributed by atoms with Crippen LogP contribution >= 0.6 is 11.6 Å². The van der Waals surface area contributed by atoms with Crippen molar-refractivity contribution in [3.8, 4) is 0 Å². The summed E-state index contributed by atoms with van der Waals surface area (Å²) >= 11 is 6.08. The zero-order chi connectivity index (χ0) is 20.6. The Labute approximate surface area is 177 Å². The van der Waals surface area contributed by atoms with Gasteiger partial charge in [0.05, 0.1) is 31.5 Å². The minimum absolute atomic E-state index is 0.201. The van der Waals surface area contributed by atoms with Gasteiger partial charge in [0.2, 0.25) is 0 Å². The second kappa shape index (κ2) is 10.6. The molecule has 1 fully saturated rings. The first-order valence-electron chi connectivity index (χ1n) is 10.0. The number of rotatable bonds is 7. The topological polar surface area (TPSA) is 74.9 Å². The summed E-state index contributed by atoms with van der Waals surface area (Å²) in [5.74, 6) is 1.86. The van der Waals surface area contributed by atoms with Crippen molar-refractivity contribution in [2.45, 2.75) is 32.4 Å². The number of hydrogen-bond donors (Lipinski definition) is 2. The Balaban J connectivity index is 1.60. The lowest BCUT2D eigenvalue weighted by Crippen LogP contribution is -2.46. The first kappa shape index (κ1) is 21.6. The third-order valence-corrected chi connectivity index (χ3v) is 5.28. The molecule has 29 heavy (non-hydrogen) atoms. The predicted octanol–water partition coefficient (Wildman–Crippen LogP) is 3.19. The van der Waals surface area contributed by atoms with E-state index in [4.69, 9.17) is 20.9 Å². The zero-order valence-corrected chi connectivity index (χ0v) is 18.1. The fourth-order valence-electron chi connectivity index (χ4n) is 3.30. The van der Waals surface area contributed by atoms with Crippen LogP contribution in [0.3, 0.4) is 0 Å². The van der Waals surface area contributed by atoms with Crippen LogP contribution in [0.2, 0.25) is 5.02 Å². The number of aliphatic imine (C=N–C) groups is 1. The molecule has 8 heteroatoms. The third kappa shape index (κ3) is 6.19. The Hall–Kier alpha value is -2.09. The maximum atomic E-state index is 6.08. The fourth-order valence-corrected chi connectivity index (χ4v) is 3.43. The average molecular weight is 420 g/mol. The summed E-state index contributed by atoms with van der Waals surface area (Å²) in [5, 5.41) is 11.6. The standard InChI is InChI=1S/C21H30ClN5O2/c1-15(2)19-12-18(29-26-19)13-24-21(23-3)25-14-20(27-8-10-28-11-9-27)16-4-6-17(22)7-5-16/h4-7,12,15,20H,8-11,13-14H2,1-3H3,(H2,23,24,25). The van der Waals surface area contributed by atoms with Crippen LogP contribution in [0, 0.1) is 0 Å². The lowest BCUT2D eigenvalue weighted by atomic mass is 10.0. The maximum Gasteiger partial charge on any atom is 0.191 e. The first-order chi connectivity index (χ1) is 14.1. The van der Waals surface area contributed by atoms with Crippen molar-refractivity contribution in [3.63, 3.8) is 0 Å². The van der Waals surface area contributed by atoms with E-state index < -0.39 is 0 Å². The second-order valence-corrected chi connectivity index (χ2v) is 7.83. The van der Waals surface area contributed by atoms with Gasteiger partial charge in [0, 0.05) is 37.8 Å². The van der Waals surface area contributed by atoms with Gasteiger partial charge in [0.25, 0.3) is 0 Å². The van der Waals surface area contributed by atoms with E-state index in [1.807, 2.05) is 18.2 Å². The largest absolute Gasteiger partial charge is 0.379 e. The highest BCUT2D eigenvalue weighted by Crippen LogP contribution is 2.23. The van der Waals surface area contributed by atoms with Gasteiger partial charge in [-0.25, -0.2) is 0 Å². The molecule has 0 amide bonds. The van der Waals surface area contributed by atoms with Crippen LogP contribution in [0.5, 0.6) is 0 Å². The van der Waals surface area contributed by atoms with Crippen LogP contribution in [0.15, 0.2) is 39.8 Å². The van der Waals surface area contributed by atoms with Crippen LogP contribution < -0.4 is 10.6 Å². The van der Waals surface area contributed by atoms with Gasteiger partial charge in [0.1, 0.15) is 0 Å². The van der Waals surface area contributed by atoms with E-state index in [0.29, 0.717) is 12.5 Å². The number of nitrogens with one attached hydrogen (secondary N) is 2. The van der Waals surface area contributed by atoms with Crippen LogP contribution in [0.1, 0.15) is 42.8 Å². The van der Waals surface area contributed by atoms with Crippen LogP contribution in [0.4, 0.5) is 0 Å². The Morgan fingerprint density at radius 2 is 1.93 bits per heavy atom. The first-order valence-corrected chi connectivity index (χ1v) is 10.4. The van der Waals surface area contributed by atoms with E-state index >= 15 is 0 Å². The molecule has 1 aromatic heterocycles. The van der Waals surface area contributed by atoms with E-state index in [1.54, 1.807) is 7.05 Å². The quantitative estimate of drug-likeness (QED) is 0.530. The Morgan fingerprint density at radius 1 is 1.21 bits per heavy atom. The fraction of sp³-hybridized carbons (Fsp3) is 0.524. The zero-order valence-electron chi connectivity index (χ0n) is 17.3. The predicted molar refractivity (Wildman–Crippen MR) is 115 cm³/mol. The van der Waals surface area contributed by atoms with Crippen molar-refractivity contribution in [2.24, 2.45) is 4.99 Å². The molecular formula is C21H30ClN5O2. The summed E-state index contributed by atoms with van der Waals surface area (Å²) in [4.78, 5) is 6.77. The molecule has 0 aliphatic carbocycles. The lowest BCUT2D eigenvalue weighted by molar-refractivity contribution is 0.0170.